The van der Waals surface area contributed by atoms with Crippen LogP contribution in [0.25, 0.3) is 10.8 Å². The highest BCUT2D eigenvalue weighted by Crippen LogP contribution is 2.14. The lowest BCUT2D eigenvalue weighted by molar-refractivity contribution is -0.114. The molecule has 0 radical (unpaired) electrons. The second kappa shape index (κ2) is 7.61. The summed E-state index contributed by atoms with van der Waals surface area (Å²) in [7, 11) is 0. The number of fused-ring (bicyclic) bond motifs is 1. The lowest BCUT2D eigenvalue weighted by Gasteiger charge is -2.07. The van der Waals surface area contributed by atoms with Crippen LogP contribution in [0.2, 0.25) is 0 Å². The zero-order valence-electron chi connectivity index (χ0n) is 14.3. The van der Waals surface area contributed by atoms with Crippen molar-refractivity contribution in [3.8, 4) is 0 Å². The summed E-state index contributed by atoms with van der Waals surface area (Å²) in [5, 5.41) is 9.21. The first-order valence-electron chi connectivity index (χ1n) is 8.01. The molecule has 0 bridgehead atoms. The summed E-state index contributed by atoms with van der Waals surface area (Å²) < 4.78 is 5.04. The molecule has 0 atom stereocenters. The van der Waals surface area contributed by atoms with Gasteiger partial charge >= 0.3 is 5.97 Å². The number of ether oxygens (including phenoxy) is 1. The number of ketones is 1. The lowest BCUT2D eigenvalue weighted by atomic mass is 10.1. The standard InChI is InChI=1S/C19H15N3O5/c1-11(23)20-13-8-6-12(7-9-13)16(24)10-27-19(26)17-14-4-2-3-5-15(14)18(25)22-21-17/h2-9H,10H2,1H3,(H,20,23)(H,22,25). The summed E-state index contributed by atoms with van der Waals surface area (Å²) in [4.78, 5) is 47.2. The largest absolute Gasteiger partial charge is 0.452 e. The Morgan fingerprint density at radius 3 is 2.37 bits per heavy atom. The molecule has 27 heavy (non-hydrogen) atoms. The Labute approximate surface area is 153 Å². The Balaban J connectivity index is 1.71. The molecule has 2 N–H and O–H groups in total. The van der Waals surface area contributed by atoms with Crippen molar-refractivity contribution in [2.45, 2.75) is 6.92 Å². The maximum Gasteiger partial charge on any atom is 0.359 e. The number of H-pyrrole nitrogens is 1. The van der Waals surface area contributed by atoms with E-state index in [1.807, 2.05) is 0 Å². The third kappa shape index (κ3) is 4.06. The molecular formula is C19H15N3O5. The van der Waals surface area contributed by atoms with Crippen molar-refractivity contribution < 1.29 is 19.1 Å². The van der Waals surface area contributed by atoms with Crippen molar-refractivity contribution in [1.82, 2.24) is 10.2 Å². The SMILES string of the molecule is CC(=O)Nc1ccc(C(=O)COC(=O)c2n[nH]c(=O)c3ccccc23)cc1. The van der Waals surface area contributed by atoms with Gasteiger partial charge in [-0.25, -0.2) is 9.89 Å². The first-order chi connectivity index (χ1) is 13.0. The molecule has 0 unspecified atom stereocenters. The molecule has 3 rings (SSSR count). The Hall–Kier alpha value is -3.81. The number of Topliss-reactive ketones (excluding diaryl/α,β-unsaturated/α-hetero) is 1. The van der Waals surface area contributed by atoms with Crippen molar-refractivity contribution in [1.29, 1.82) is 0 Å². The molecule has 0 aliphatic carbocycles. The molecule has 1 heterocycles. The maximum absolute atomic E-state index is 12.3. The van der Waals surface area contributed by atoms with Gasteiger partial charge in [0.2, 0.25) is 5.91 Å². The molecule has 1 amide bonds. The quantitative estimate of drug-likeness (QED) is 0.527. The molecule has 0 saturated carbocycles. The number of esters is 1. The van der Waals surface area contributed by atoms with Crippen LogP contribution in [0.15, 0.2) is 53.3 Å². The number of hydrogen-bond acceptors (Lipinski definition) is 6. The van der Waals surface area contributed by atoms with E-state index >= 15 is 0 Å². The van der Waals surface area contributed by atoms with Gasteiger partial charge in [-0.15, -0.1) is 0 Å². The fraction of sp³-hybridized carbons (Fsp3) is 0.105. The van der Waals surface area contributed by atoms with E-state index in [4.69, 9.17) is 4.74 Å². The van der Waals surface area contributed by atoms with Gasteiger partial charge in [-0.3, -0.25) is 14.4 Å². The van der Waals surface area contributed by atoms with Gasteiger partial charge in [-0.2, -0.15) is 5.10 Å². The fourth-order valence-electron chi connectivity index (χ4n) is 2.50. The minimum Gasteiger partial charge on any atom is -0.452 e. The van der Waals surface area contributed by atoms with E-state index in [9.17, 15) is 19.2 Å². The Morgan fingerprint density at radius 1 is 1.04 bits per heavy atom. The highest BCUT2D eigenvalue weighted by atomic mass is 16.5. The Bertz CT molecular complexity index is 1090. The third-order valence-electron chi connectivity index (χ3n) is 3.75. The van der Waals surface area contributed by atoms with E-state index in [0.717, 1.165) is 0 Å². The van der Waals surface area contributed by atoms with Gasteiger partial charge in [0.25, 0.3) is 5.56 Å². The number of benzene rings is 2. The molecule has 136 valence electrons. The second-order valence-corrected chi connectivity index (χ2v) is 5.70. The van der Waals surface area contributed by atoms with Gasteiger partial charge in [-0.05, 0) is 30.3 Å². The second-order valence-electron chi connectivity index (χ2n) is 5.70. The monoisotopic (exact) mass is 365 g/mol. The van der Waals surface area contributed by atoms with Crippen LogP contribution in [0.1, 0.15) is 27.8 Å². The average molecular weight is 365 g/mol. The molecule has 0 aliphatic heterocycles. The van der Waals surface area contributed by atoms with Crippen LogP contribution in [0.4, 0.5) is 5.69 Å². The summed E-state index contributed by atoms with van der Waals surface area (Å²) in [6.07, 6.45) is 0. The Morgan fingerprint density at radius 2 is 1.70 bits per heavy atom. The van der Waals surface area contributed by atoms with Crippen LogP contribution >= 0.6 is 0 Å². The molecule has 0 fully saturated rings. The zero-order chi connectivity index (χ0) is 19.4. The highest BCUT2D eigenvalue weighted by molar-refractivity contribution is 6.04. The van der Waals surface area contributed by atoms with Crippen molar-refractivity contribution in [3.05, 3.63) is 70.1 Å². The molecule has 8 nitrogen and oxygen atoms in total. The van der Waals surface area contributed by atoms with E-state index in [1.54, 1.807) is 36.4 Å². The molecule has 8 heteroatoms. The van der Waals surface area contributed by atoms with Crippen molar-refractivity contribution >= 4 is 34.1 Å². The van der Waals surface area contributed by atoms with Gasteiger partial charge in [0.1, 0.15) is 0 Å². The summed E-state index contributed by atoms with van der Waals surface area (Å²) in [5.41, 5.74) is 0.396. The van der Waals surface area contributed by atoms with Crippen LogP contribution in [-0.2, 0) is 9.53 Å². The smallest absolute Gasteiger partial charge is 0.359 e. The molecular weight excluding hydrogens is 350 g/mol. The minimum absolute atomic E-state index is 0.0704. The predicted molar refractivity (Wildman–Crippen MR) is 97.7 cm³/mol. The molecule has 2 aromatic carbocycles. The summed E-state index contributed by atoms with van der Waals surface area (Å²) in [6, 6.07) is 12.7. The van der Waals surface area contributed by atoms with E-state index in [2.05, 4.69) is 15.5 Å². The molecule has 3 aromatic rings. The van der Waals surface area contributed by atoms with Crippen LogP contribution in [0.5, 0.6) is 0 Å². The topological polar surface area (TPSA) is 118 Å². The fourth-order valence-corrected chi connectivity index (χ4v) is 2.50. The predicted octanol–water partition coefficient (Wildman–Crippen LogP) is 1.92. The molecule has 0 spiro atoms. The van der Waals surface area contributed by atoms with Crippen molar-refractivity contribution in [2.75, 3.05) is 11.9 Å². The number of aromatic nitrogens is 2. The van der Waals surface area contributed by atoms with Crippen LogP contribution < -0.4 is 10.9 Å². The molecule has 0 saturated heterocycles. The maximum atomic E-state index is 12.3. The summed E-state index contributed by atoms with van der Waals surface area (Å²) in [5.74, 6) is -1.44. The van der Waals surface area contributed by atoms with Gasteiger partial charge in [0.15, 0.2) is 18.1 Å². The number of anilines is 1. The highest BCUT2D eigenvalue weighted by Gasteiger charge is 2.17. The first-order valence-corrected chi connectivity index (χ1v) is 8.01. The average Bonchev–Trinajstić information content (AvgIpc) is 2.66. The summed E-state index contributed by atoms with van der Waals surface area (Å²) >= 11 is 0. The molecule has 0 aliphatic rings. The van der Waals surface area contributed by atoms with E-state index < -0.39 is 23.9 Å². The number of rotatable bonds is 5. The van der Waals surface area contributed by atoms with Gasteiger partial charge < -0.3 is 10.1 Å². The van der Waals surface area contributed by atoms with Crippen molar-refractivity contribution in [2.24, 2.45) is 0 Å². The van der Waals surface area contributed by atoms with Crippen molar-refractivity contribution in [3.63, 3.8) is 0 Å². The van der Waals surface area contributed by atoms with Crippen LogP contribution in [0.3, 0.4) is 0 Å². The zero-order valence-corrected chi connectivity index (χ0v) is 14.3. The van der Waals surface area contributed by atoms with Gasteiger partial charge in [-0.1, -0.05) is 18.2 Å². The number of nitrogens with zero attached hydrogens (tertiary/aromatic N) is 1. The number of aromatic amines is 1. The minimum atomic E-state index is -0.814. The number of nitrogens with one attached hydrogen (secondary N) is 2. The summed E-state index contributed by atoms with van der Waals surface area (Å²) in [6.45, 7) is 0.903. The van der Waals surface area contributed by atoms with Gasteiger partial charge in [0, 0.05) is 23.6 Å². The molecule has 1 aromatic heterocycles. The number of amides is 1. The number of carbonyl (C=O) groups is 3. The number of hydrogen-bond donors (Lipinski definition) is 2. The third-order valence-corrected chi connectivity index (χ3v) is 3.75. The first kappa shape index (κ1) is 18.0. The van der Waals surface area contributed by atoms with Crippen LogP contribution in [-0.4, -0.2) is 34.5 Å². The Kier molecular flexibility index (Phi) is 5.07. The van der Waals surface area contributed by atoms with Crippen LogP contribution in [0, 0.1) is 0 Å². The lowest BCUT2D eigenvalue weighted by Crippen LogP contribution is -2.19. The van der Waals surface area contributed by atoms with E-state index in [0.29, 0.717) is 22.0 Å². The van der Waals surface area contributed by atoms with E-state index in [-0.39, 0.29) is 11.6 Å². The normalized spacial score (nSPS) is 10.4. The van der Waals surface area contributed by atoms with Gasteiger partial charge in [0.05, 0.1) is 5.39 Å². The number of carbonyl (C=O) groups excluding carboxylic acids is 3. The van der Waals surface area contributed by atoms with E-state index in [1.165, 1.54) is 19.1 Å².